The topological polar surface area (TPSA) is 97.5 Å². The molecule has 28 heavy (non-hydrogen) atoms. The molecule has 3 rings (SSSR count). The van der Waals surface area contributed by atoms with Crippen molar-refractivity contribution in [1.29, 1.82) is 0 Å². The van der Waals surface area contributed by atoms with E-state index < -0.39 is 24.5 Å². The van der Waals surface area contributed by atoms with Crippen molar-refractivity contribution < 1.29 is 23.9 Å². The summed E-state index contributed by atoms with van der Waals surface area (Å²) < 4.78 is 9.71. The molecule has 7 heteroatoms. The Morgan fingerprint density at radius 3 is 2.61 bits per heavy atom. The molecule has 2 N–H and O–H groups in total. The molecule has 0 aliphatic carbocycles. The second kappa shape index (κ2) is 8.85. The molecule has 0 saturated heterocycles. The number of hydrogen-bond donors (Lipinski definition) is 2. The van der Waals surface area contributed by atoms with Gasteiger partial charge in [-0.15, -0.1) is 0 Å². The first-order valence-electron chi connectivity index (χ1n) is 8.76. The molecular weight excluding hydrogens is 360 g/mol. The highest BCUT2D eigenvalue weighted by molar-refractivity contribution is 6.01. The Bertz CT molecular complexity index is 1010. The van der Waals surface area contributed by atoms with Crippen molar-refractivity contribution in [3.8, 4) is 0 Å². The van der Waals surface area contributed by atoms with Gasteiger partial charge in [-0.25, -0.2) is 4.79 Å². The smallest absolute Gasteiger partial charge is 0.339 e. The predicted octanol–water partition coefficient (Wildman–Crippen LogP) is 3.07. The third-order valence-electron chi connectivity index (χ3n) is 4.24. The van der Waals surface area contributed by atoms with Gasteiger partial charge in [-0.1, -0.05) is 30.3 Å². The number of aromatic nitrogens is 1. The maximum absolute atomic E-state index is 12.0. The standard InChI is InChI=1S/C21H20N2O5/c1-27-21(26)16-7-3-5-9-18(16)23-19(24)13-28-20(25)11-10-14-12-22-17-8-4-2-6-15(14)17/h2-9,12,22H,10-11,13H2,1H3,(H,23,24). The minimum absolute atomic E-state index is 0.161. The third kappa shape index (κ3) is 4.56. The highest BCUT2D eigenvalue weighted by Crippen LogP contribution is 2.19. The number of fused-ring (bicyclic) bond motifs is 1. The van der Waals surface area contributed by atoms with Gasteiger partial charge >= 0.3 is 11.9 Å². The lowest BCUT2D eigenvalue weighted by Crippen LogP contribution is -2.22. The van der Waals surface area contributed by atoms with Crippen LogP contribution in [-0.4, -0.2) is 36.5 Å². The second-order valence-corrected chi connectivity index (χ2v) is 6.11. The summed E-state index contributed by atoms with van der Waals surface area (Å²) in [6.07, 6.45) is 2.54. The summed E-state index contributed by atoms with van der Waals surface area (Å²) in [6, 6.07) is 14.3. The minimum Gasteiger partial charge on any atom is -0.465 e. The van der Waals surface area contributed by atoms with Crippen molar-refractivity contribution >= 4 is 34.4 Å². The number of carbonyl (C=O) groups excluding carboxylic acids is 3. The predicted molar refractivity (Wildman–Crippen MR) is 104 cm³/mol. The molecule has 144 valence electrons. The summed E-state index contributed by atoms with van der Waals surface area (Å²) >= 11 is 0. The second-order valence-electron chi connectivity index (χ2n) is 6.11. The highest BCUT2D eigenvalue weighted by Gasteiger charge is 2.14. The van der Waals surface area contributed by atoms with E-state index in [9.17, 15) is 14.4 Å². The normalized spacial score (nSPS) is 10.5. The molecule has 0 saturated carbocycles. The van der Waals surface area contributed by atoms with Crippen molar-refractivity contribution in [3.63, 3.8) is 0 Å². The van der Waals surface area contributed by atoms with Crippen molar-refractivity contribution in [2.75, 3.05) is 19.0 Å². The number of hydrogen-bond acceptors (Lipinski definition) is 5. The van der Waals surface area contributed by atoms with Gasteiger partial charge in [-0.2, -0.15) is 0 Å². The molecule has 0 fully saturated rings. The van der Waals surface area contributed by atoms with Gasteiger partial charge in [-0.05, 0) is 30.2 Å². The van der Waals surface area contributed by atoms with Crippen LogP contribution in [0.4, 0.5) is 5.69 Å². The van der Waals surface area contributed by atoms with Gasteiger partial charge in [0.05, 0.1) is 18.4 Å². The van der Waals surface area contributed by atoms with Crippen LogP contribution in [0.2, 0.25) is 0 Å². The van der Waals surface area contributed by atoms with E-state index in [1.165, 1.54) is 13.2 Å². The van der Waals surface area contributed by atoms with E-state index in [1.807, 2.05) is 30.5 Å². The Morgan fingerprint density at radius 1 is 1.04 bits per heavy atom. The summed E-state index contributed by atoms with van der Waals surface area (Å²) in [5, 5.41) is 3.62. The van der Waals surface area contributed by atoms with E-state index in [0.717, 1.165) is 16.5 Å². The fourth-order valence-electron chi connectivity index (χ4n) is 2.86. The quantitative estimate of drug-likeness (QED) is 0.614. The van der Waals surface area contributed by atoms with Crippen LogP contribution in [0.15, 0.2) is 54.7 Å². The number of ether oxygens (including phenoxy) is 2. The number of rotatable bonds is 7. The fourth-order valence-corrected chi connectivity index (χ4v) is 2.86. The number of anilines is 1. The molecule has 0 atom stereocenters. The number of methoxy groups -OCH3 is 1. The summed E-state index contributed by atoms with van der Waals surface area (Å²) in [4.78, 5) is 38.9. The van der Waals surface area contributed by atoms with Crippen molar-refractivity contribution in [3.05, 3.63) is 65.9 Å². The number of H-pyrrole nitrogens is 1. The fraction of sp³-hybridized carbons (Fsp3) is 0.190. The van der Waals surface area contributed by atoms with E-state index in [1.54, 1.807) is 18.2 Å². The summed E-state index contributed by atoms with van der Waals surface area (Å²) in [6.45, 7) is -0.428. The monoisotopic (exact) mass is 380 g/mol. The number of aryl methyl sites for hydroxylation is 1. The highest BCUT2D eigenvalue weighted by atomic mass is 16.5. The van der Waals surface area contributed by atoms with Crippen LogP contribution in [0, 0.1) is 0 Å². The number of esters is 2. The molecule has 2 aromatic carbocycles. The van der Waals surface area contributed by atoms with Crippen molar-refractivity contribution in [2.24, 2.45) is 0 Å². The third-order valence-corrected chi connectivity index (χ3v) is 4.24. The van der Waals surface area contributed by atoms with Gasteiger partial charge in [0, 0.05) is 23.5 Å². The van der Waals surface area contributed by atoms with Gasteiger partial charge in [-0.3, -0.25) is 9.59 Å². The molecule has 3 aromatic rings. The van der Waals surface area contributed by atoms with Crippen molar-refractivity contribution in [1.82, 2.24) is 4.98 Å². The molecule has 0 aliphatic heterocycles. The van der Waals surface area contributed by atoms with E-state index in [-0.39, 0.29) is 12.0 Å². The largest absolute Gasteiger partial charge is 0.465 e. The van der Waals surface area contributed by atoms with Crippen LogP contribution in [-0.2, 0) is 25.5 Å². The molecule has 0 bridgehead atoms. The first-order chi connectivity index (χ1) is 13.6. The Hall–Kier alpha value is -3.61. The lowest BCUT2D eigenvalue weighted by Gasteiger charge is -2.10. The number of carbonyl (C=O) groups is 3. The number of nitrogens with one attached hydrogen (secondary N) is 2. The SMILES string of the molecule is COC(=O)c1ccccc1NC(=O)COC(=O)CCc1c[nH]c2ccccc12. The maximum atomic E-state index is 12.0. The molecule has 0 radical (unpaired) electrons. The molecule has 1 amide bonds. The summed E-state index contributed by atoms with van der Waals surface area (Å²) in [7, 11) is 1.26. The molecule has 1 heterocycles. The molecular formula is C21H20N2O5. The number of para-hydroxylation sites is 2. The zero-order valence-electron chi connectivity index (χ0n) is 15.4. The Kier molecular flexibility index (Phi) is 6.06. The first kappa shape index (κ1) is 19.2. The van der Waals surface area contributed by atoms with Crippen LogP contribution in [0.1, 0.15) is 22.3 Å². The van der Waals surface area contributed by atoms with Crippen LogP contribution in [0.5, 0.6) is 0 Å². The lowest BCUT2D eigenvalue weighted by molar-refractivity contribution is -0.147. The van der Waals surface area contributed by atoms with Gasteiger partial charge in [0.1, 0.15) is 0 Å². The van der Waals surface area contributed by atoms with Gasteiger partial charge in [0.2, 0.25) is 0 Å². The number of benzene rings is 2. The minimum atomic E-state index is -0.563. The zero-order valence-corrected chi connectivity index (χ0v) is 15.4. The van der Waals surface area contributed by atoms with Gasteiger partial charge < -0.3 is 19.8 Å². The van der Waals surface area contributed by atoms with Crippen LogP contribution >= 0.6 is 0 Å². The van der Waals surface area contributed by atoms with E-state index in [4.69, 9.17) is 4.74 Å². The number of aromatic amines is 1. The van der Waals surface area contributed by atoms with Gasteiger partial charge in [0.25, 0.3) is 5.91 Å². The average molecular weight is 380 g/mol. The summed E-state index contributed by atoms with van der Waals surface area (Å²) in [5.74, 6) is -1.56. The lowest BCUT2D eigenvalue weighted by atomic mass is 10.1. The van der Waals surface area contributed by atoms with E-state index in [0.29, 0.717) is 12.1 Å². The van der Waals surface area contributed by atoms with E-state index in [2.05, 4.69) is 15.0 Å². The van der Waals surface area contributed by atoms with Crippen molar-refractivity contribution in [2.45, 2.75) is 12.8 Å². The van der Waals surface area contributed by atoms with Gasteiger partial charge in [0.15, 0.2) is 6.61 Å². The molecule has 0 spiro atoms. The summed E-state index contributed by atoms with van der Waals surface area (Å²) in [5.41, 5.74) is 2.55. The van der Waals surface area contributed by atoms with E-state index >= 15 is 0 Å². The zero-order chi connectivity index (χ0) is 19.9. The molecule has 0 aliphatic rings. The molecule has 7 nitrogen and oxygen atoms in total. The Labute approximate surface area is 161 Å². The van der Waals surface area contributed by atoms with Crippen LogP contribution < -0.4 is 5.32 Å². The van der Waals surface area contributed by atoms with Crippen LogP contribution in [0.3, 0.4) is 0 Å². The molecule has 1 aromatic heterocycles. The molecule has 0 unspecified atom stereocenters. The number of amides is 1. The average Bonchev–Trinajstić information content (AvgIpc) is 3.13. The van der Waals surface area contributed by atoms with Crippen LogP contribution in [0.25, 0.3) is 10.9 Å². The maximum Gasteiger partial charge on any atom is 0.339 e. The Morgan fingerprint density at radius 2 is 1.79 bits per heavy atom. The Balaban J connectivity index is 1.50. The first-order valence-corrected chi connectivity index (χ1v) is 8.76.